The second-order valence-corrected chi connectivity index (χ2v) is 12.1. The van der Waals surface area contributed by atoms with E-state index in [0.29, 0.717) is 22.1 Å². The van der Waals surface area contributed by atoms with Crippen molar-refractivity contribution in [3.05, 3.63) is 82.9 Å². The molecule has 3 aromatic carbocycles. The third kappa shape index (κ3) is 6.53. The molecule has 8 nitrogen and oxygen atoms in total. The zero-order valence-corrected chi connectivity index (χ0v) is 22.0. The van der Waals surface area contributed by atoms with Crippen LogP contribution in [0.5, 0.6) is 0 Å². The molecule has 0 aliphatic heterocycles. The minimum Gasteiger partial charge on any atom is -0.324 e. The molecule has 0 aliphatic carbocycles. The van der Waals surface area contributed by atoms with E-state index in [9.17, 15) is 21.6 Å². The van der Waals surface area contributed by atoms with Crippen molar-refractivity contribution in [2.24, 2.45) is 0 Å². The number of carbonyl (C=O) groups excluding carboxylic acids is 1. The first kappa shape index (κ1) is 26.5. The van der Waals surface area contributed by atoms with Gasteiger partial charge in [-0.15, -0.1) is 0 Å². The van der Waals surface area contributed by atoms with Crippen LogP contribution in [0, 0.1) is 13.8 Å². The van der Waals surface area contributed by atoms with Crippen molar-refractivity contribution in [3.8, 4) is 0 Å². The van der Waals surface area contributed by atoms with Gasteiger partial charge in [-0.25, -0.2) is 16.8 Å². The molecule has 2 N–H and O–H groups in total. The predicted octanol–water partition coefficient (Wildman–Crippen LogP) is 4.55. The summed E-state index contributed by atoms with van der Waals surface area (Å²) < 4.78 is 53.8. The van der Waals surface area contributed by atoms with Gasteiger partial charge in [0, 0.05) is 16.4 Å². The van der Waals surface area contributed by atoms with Crippen LogP contribution in [0.25, 0.3) is 0 Å². The van der Waals surface area contributed by atoms with Gasteiger partial charge in [0.25, 0.3) is 10.0 Å². The number of amides is 1. The first-order valence-corrected chi connectivity index (χ1v) is 14.2. The van der Waals surface area contributed by atoms with Crippen LogP contribution in [-0.4, -0.2) is 35.0 Å². The number of hydrogen-bond acceptors (Lipinski definition) is 5. The van der Waals surface area contributed by atoms with Gasteiger partial charge in [0.05, 0.1) is 16.8 Å². The lowest BCUT2D eigenvalue weighted by Crippen LogP contribution is -2.45. The third-order valence-corrected chi connectivity index (χ3v) is 8.25. The Morgan fingerprint density at radius 1 is 0.857 bits per heavy atom. The van der Waals surface area contributed by atoms with Gasteiger partial charge in [-0.05, 0) is 92.6 Å². The van der Waals surface area contributed by atoms with Crippen LogP contribution >= 0.6 is 11.6 Å². The topological polar surface area (TPSA) is 113 Å². The van der Waals surface area contributed by atoms with Crippen molar-refractivity contribution in [2.75, 3.05) is 20.6 Å². The Kier molecular flexibility index (Phi) is 7.78. The number of carbonyl (C=O) groups is 1. The van der Waals surface area contributed by atoms with E-state index in [-0.39, 0.29) is 4.90 Å². The van der Waals surface area contributed by atoms with Crippen molar-refractivity contribution in [2.45, 2.75) is 31.7 Å². The second-order valence-electron chi connectivity index (χ2n) is 8.13. The summed E-state index contributed by atoms with van der Waals surface area (Å²) in [5, 5.41) is 3.06. The van der Waals surface area contributed by atoms with E-state index < -0.39 is 32.0 Å². The molecule has 3 aromatic rings. The summed E-state index contributed by atoms with van der Waals surface area (Å²) in [4.78, 5) is 12.9. The summed E-state index contributed by atoms with van der Waals surface area (Å²) in [6.45, 7) is 5.28. The molecule has 186 valence electrons. The fourth-order valence-corrected chi connectivity index (χ4v) is 5.73. The van der Waals surface area contributed by atoms with Crippen LogP contribution < -0.4 is 14.3 Å². The molecule has 11 heteroatoms. The van der Waals surface area contributed by atoms with Gasteiger partial charge in [-0.2, -0.15) is 0 Å². The Bertz CT molecular complexity index is 1440. The smallest absolute Gasteiger partial charge is 0.261 e. The van der Waals surface area contributed by atoms with E-state index in [1.165, 1.54) is 55.5 Å². The second kappa shape index (κ2) is 10.3. The van der Waals surface area contributed by atoms with Crippen LogP contribution in [-0.2, 0) is 24.8 Å². The number of nitrogens with one attached hydrogen (secondary N) is 2. The van der Waals surface area contributed by atoms with Crippen molar-refractivity contribution in [3.63, 3.8) is 0 Å². The van der Waals surface area contributed by atoms with Crippen molar-refractivity contribution < 1.29 is 21.6 Å². The van der Waals surface area contributed by atoms with Gasteiger partial charge < -0.3 is 5.32 Å². The fraction of sp³-hybridized carbons (Fsp3) is 0.208. The van der Waals surface area contributed by atoms with Crippen LogP contribution in [0.15, 0.2) is 71.6 Å². The van der Waals surface area contributed by atoms with Gasteiger partial charge in [0.2, 0.25) is 15.9 Å². The van der Waals surface area contributed by atoms with Gasteiger partial charge >= 0.3 is 0 Å². The molecular formula is C24H26ClN3O5S2. The first-order chi connectivity index (χ1) is 16.3. The van der Waals surface area contributed by atoms with E-state index in [2.05, 4.69) is 10.0 Å². The number of nitrogens with zero attached hydrogens (tertiary/aromatic N) is 1. The quantitative estimate of drug-likeness (QED) is 0.439. The Balaban J connectivity index is 1.76. The maximum atomic E-state index is 12.8. The van der Waals surface area contributed by atoms with Crippen LogP contribution in [0.2, 0.25) is 5.02 Å². The third-order valence-electron chi connectivity index (χ3n) is 5.36. The zero-order chi connectivity index (χ0) is 26.0. The molecule has 0 spiro atoms. The number of benzene rings is 3. The molecule has 3 rings (SSSR count). The lowest BCUT2D eigenvalue weighted by molar-refractivity contribution is -0.116. The predicted molar refractivity (Wildman–Crippen MR) is 140 cm³/mol. The molecular weight excluding hydrogens is 510 g/mol. The van der Waals surface area contributed by atoms with E-state index in [1.807, 2.05) is 19.9 Å². The molecule has 0 heterocycles. The molecule has 0 unspecified atom stereocenters. The largest absolute Gasteiger partial charge is 0.324 e. The maximum absolute atomic E-state index is 12.8. The van der Waals surface area contributed by atoms with E-state index in [1.54, 1.807) is 12.1 Å². The average Bonchev–Trinajstić information content (AvgIpc) is 2.77. The Labute approximate surface area is 211 Å². The molecule has 0 saturated carbocycles. The summed E-state index contributed by atoms with van der Waals surface area (Å²) >= 11 is 5.89. The summed E-state index contributed by atoms with van der Waals surface area (Å²) in [5.41, 5.74) is 3.06. The highest BCUT2D eigenvalue weighted by Crippen LogP contribution is 2.24. The molecule has 0 radical (unpaired) electrons. The van der Waals surface area contributed by atoms with E-state index >= 15 is 0 Å². The highest BCUT2D eigenvalue weighted by molar-refractivity contribution is 7.92. The number of anilines is 3. The number of sulfonamides is 2. The summed E-state index contributed by atoms with van der Waals surface area (Å²) in [5.74, 6) is -0.589. The molecule has 35 heavy (non-hydrogen) atoms. The Morgan fingerprint density at radius 3 is 1.97 bits per heavy atom. The molecule has 0 fully saturated rings. The van der Waals surface area contributed by atoms with Crippen molar-refractivity contribution >= 4 is 54.6 Å². The molecule has 0 bridgehead atoms. The summed E-state index contributed by atoms with van der Waals surface area (Å²) in [6.07, 6.45) is 1.01. The van der Waals surface area contributed by atoms with Crippen molar-refractivity contribution in [1.82, 2.24) is 0 Å². The van der Waals surface area contributed by atoms with Gasteiger partial charge in [-0.1, -0.05) is 17.7 Å². The van der Waals surface area contributed by atoms with Crippen LogP contribution in [0.4, 0.5) is 17.1 Å². The number of hydrogen-bond donors (Lipinski definition) is 2. The monoisotopic (exact) mass is 535 g/mol. The molecule has 1 amide bonds. The van der Waals surface area contributed by atoms with Crippen LogP contribution in [0.3, 0.4) is 0 Å². The molecule has 0 saturated heterocycles. The number of halogens is 1. The minimum atomic E-state index is -3.84. The van der Waals surface area contributed by atoms with Gasteiger partial charge in [-0.3, -0.25) is 13.8 Å². The minimum absolute atomic E-state index is 0.0145. The average molecular weight is 536 g/mol. The summed E-state index contributed by atoms with van der Waals surface area (Å²) in [7, 11) is -7.63. The maximum Gasteiger partial charge on any atom is 0.261 e. The summed E-state index contributed by atoms with van der Waals surface area (Å²) in [6, 6.07) is 15.9. The molecule has 0 aromatic heterocycles. The highest BCUT2D eigenvalue weighted by atomic mass is 35.5. The van der Waals surface area contributed by atoms with E-state index in [0.717, 1.165) is 21.7 Å². The van der Waals surface area contributed by atoms with Gasteiger partial charge in [0.15, 0.2) is 0 Å². The highest BCUT2D eigenvalue weighted by Gasteiger charge is 2.29. The lowest BCUT2D eigenvalue weighted by Gasteiger charge is -2.28. The SMILES string of the molecule is Cc1ccc(NS(=O)(=O)c2ccc(NC(=O)[C@@H](C)N(c3ccc(Cl)cc3)S(C)(=O)=O)cc2)cc1C. The Hall–Kier alpha value is -3.08. The van der Waals surface area contributed by atoms with E-state index in [4.69, 9.17) is 11.6 Å². The first-order valence-electron chi connectivity index (χ1n) is 10.5. The van der Waals surface area contributed by atoms with Crippen LogP contribution in [0.1, 0.15) is 18.1 Å². The standard InChI is InChI=1S/C24H26ClN3O5S2/c1-16-5-8-21(15-17(16)2)27-35(32,33)23-13-9-20(10-14-23)26-24(29)18(3)28(34(4,30)31)22-11-6-19(25)7-12-22/h5-15,18,27H,1-4H3,(H,26,29)/t18-/m1/s1. The Morgan fingerprint density at radius 2 is 1.43 bits per heavy atom. The fourth-order valence-electron chi connectivity index (χ4n) is 3.38. The molecule has 0 aliphatic rings. The number of aryl methyl sites for hydroxylation is 2. The molecule has 1 atom stereocenters. The number of rotatable bonds is 8. The zero-order valence-electron chi connectivity index (χ0n) is 19.6. The lowest BCUT2D eigenvalue weighted by atomic mass is 10.1. The normalized spacial score (nSPS) is 12.6. The van der Waals surface area contributed by atoms with Gasteiger partial charge in [0.1, 0.15) is 6.04 Å². The van der Waals surface area contributed by atoms with Crippen molar-refractivity contribution in [1.29, 1.82) is 0 Å².